The molecule has 2 aliphatic heterocycles. The Kier molecular flexibility index (Phi) is 6.13. The normalized spacial score (nSPS) is 32.2. The van der Waals surface area contributed by atoms with E-state index in [1.165, 1.54) is 50.6 Å². The molecule has 2 heterocycles. The quantitative estimate of drug-likeness (QED) is 0.706. The van der Waals surface area contributed by atoms with Gasteiger partial charge in [0, 0.05) is 31.9 Å². The zero-order chi connectivity index (χ0) is 19.1. The highest BCUT2D eigenvalue weighted by Gasteiger charge is 2.53. The summed E-state index contributed by atoms with van der Waals surface area (Å²) in [6.07, 6.45) is 12.0. The van der Waals surface area contributed by atoms with Gasteiger partial charge in [0.1, 0.15) is 5.54 Å². The summed E-state index contributed by atoms with van der Waals surface area (Å²) in [5.74, 6) is 2.32. The molecule has 0 N–H and O–H groups in total. The molecule has 1 aromatic rings. The van der Waals surface area contributed by atoms with Gasteiger partial charge >= 0.3 is 0 Å². The van der Waals surface area contributed by atoms with Crippen molar-refractivity contribution in [3.8, 4) is 0 Å². The molecular formula is C24H36ClN3O. The average Bonchev–Trinajstić information content (AvgIpc) is 3.00. The zero-order valence-electron chi connectivity index (χ0n) is 17.8. The summed E-state index contributed by atoms with van der Waals surface area (Å²) in [6, 6.07) is 11.3. The fourth-order valence-electron chi connectivity index (χ4n) is 6.74. The standard InChI is InChI=1S/C24H35N3O.ClH/c1-25-18-27(21-9-3-2-4-10-21)24(23(25)28)13-15-26(16-14-24)22-12-11-19-7-5-6-8-20(19)17-22;/h2-4,9-10,19-20,22H,5-8,11-18H2,1H3;1H. The van der Waals surface area contributed by atoms with Gasteiger partial charge in [-0.1, -0.05) is 43.9 Å². The van der Waals surface area contributed by atoms with E-state index in [1.807, 2.05) is 11.9 Å². The minimum atomic E-state index is -0.325. The van der Waals surface area contributed by atoms with E-state index < -0.39 is 0 Å². The molecule has 5 rings (SSSR count). The lowest BCUT2D eigenvalue weighted by Crippen LogP contribution is -2.58. The number of hydrogen-bond donors (Lipinski definition) is 0. The lowest BCUT2D eigenvalue weighted by Gasteiger charge is -2.48. The number of anilines is 1. The molecule has 4 aliphatic rings. The number of piperidine rings is 1. The van der Waals surface area contributed by atoms with Crippen LogP contribution in [-0.2, 0) is 4.79 Å². The summed E-state index contributed by atoms with van der Waals surface area (Å²) in [5, 5.41) is 0. The minimum Gasteiger partial charge on any atom is -0.339 e. The molecule has 0 bridgehead atoms. The highest BCUT2D eigenvalue weighted by molar-refractivity contribution is 5.93. The summed E-state index contributed by atoms with van der Waals surface area (Å²) in [5.41, 5.74) is 0.866. The number of amides is 1. The Morgan fingerprint density at radius 1 is 0.931 bits per heavy atom. The van der Waals surface area contributed by atoms with Crippen LogP contribution in [0.15, 0.2) is 30.3 Å². The van der Waals surface area contributed by atoms with Crippen molar-refractivity contribution >= 4 is 24.0 Å². The van der Waals surface area contributed by atoms with Crippen molar-refractivity contribution in [1.82, 2.24) is 9.80 Å². The van der Waals surface area contributed by atoms with E-state index in [-0.39, 0.29) is 17.9 Å². The molecule has 1 aromatic carbocycles. The maximum atomic E-state index is 13.2. The summed E-state index contributed by atoms with van der Waals surface area (Å²) >= 11 is 0. The Bertz CT molecular complexity index is 703. The van der Waals surface area contributed by atoms with Crippen molar-refractivity contribution in [2.45, 2.75) is 69.4 Å². The van der Waals surface area contributed by atoms with Gasteiger partial charge in [-0.15, -0.1) is 12.4 Å². The number of carbonyl (C=O) groups is 1. The van der Waals surface area contributed by atoms with Gasteiger partial charge < -0.3 is 14.7 Å². The van der Waals surface area contributed by atoms with Crippen LogP contribution in [0, 0.1) is 11.8 Å². The molecule has 2 saturated heterocycles. The molecule has 2 aliphatic carbocycles. The second kappa shape index (κ2) is 8.47. The lowest BCUT2D eigenvalue weighted by atomic mass is 9.69. The molecule has 5 heteroatoms. The van der Waals surface area contributed by atoms with E-state index in [1.54, 1.807) is 0 Å². The Balaban J connectivity index is 0.00000205. The second-order valence-electron chi connectivity index (χ2n) is 9.75. The molecule has 29 heavy (non-hydrogen) atoms. The molecule has 4 nitrogen and oxygen atoms in total. The van der Waals surface area contributed by atoms with Crippen LogP contribution < -0.4 is 4.90 Å². The van der Waals surface area contributed by atoms with E-state index in [4.69, 9.17) is 0 Å². The molecule has 3 atom stereocenters. The number of likely N-dealkylation sites (N-methyl/N-ethyl adjacent to an activating group) is 1. The predicted molar refractivity (Wildman–Crippen MR) is 120 cm³/mol. The van der Waals surface area contributed by atoms with Gasteiger partial charge in [-0.05, 0) is 56.1 Å². The highest BCUT2D eigenvalue weighted by Crippen LogP contribution is 2.44. The van der Waals surface area contributed by atoms with Crippen molar-refractivity contribution in [3.05, 3.63) is 30.3 Å². The number of halogens is 1. The first-order chi connectivity index (χ1) is 13.7. The number of likely N-dealkylation sites (tertiary alicyclic amines) is 1. The smallest absolute Gasteiger partial charge is 0.249 e. The van der Waals surface area contributed by atoms with Crippen molar-refractivity contribution in [3.63, 3.8) is 0 Å². The Morgan fingerprint density at radius 3 is 2.34 bits per heavy atom. The van der Waals surface area contributed by atoms with E-state index in [2.05, 4.69) is 40.1 Å². The predicted octanol–water partition coefficient (Wildman–Crippen LogP) is 4.54. The molecule has 1 spiro atoms. The summed E-state index contributed by atoms with van der Waals surface area (Å²) < 4.78 is 0. The van der Waals surface area contributed by atoms with Crippen molar-refractivity contribution < 1.29 is 4.79 Å². The van der Waals surface area contributed by atoms with Crippen LogP contribution in [0.1, 0.15) is 57.8 Å². The highest BCUT2D eigenvalue weighted by atomic mass is 35.5. The van der Waals surface area contributed by atoms with Gasteiger partial charge in [0.2, 0.25) is 5.91 Å². The molecule has 0 radical (unpaired) electrons. The number of nitrogens with zero attached hydrogens (tertiary/aromatic N) is 3. The van der Waals surface area contributed by atoms with Crippen LogP contribution >= 0.6 is 12.4 Å². The van der Waals surface area contributed by atoms with Crippen LogP contribution in [0.25, 0.3) is 0 Å². The first-order valence-corrected chi connectivity index (χ1v) is 11.5. The van der Waals surface area contributed by atoms with E-state index in [0.29, 0.717) is 5.91 Å². The van der Waals surface area contributed by atoms with Gasteiger partial charge in [-0.25, -0.2) is 0 Å². The number of fused-ring (bicyclic) bond motifs is 1. The number of rotatable bonds is 2. The molecular weight excluding hydrogens is 382 g/mol. The molecule has 1 amide bonds. The van der Waals surface area contributed by atoms with E-state index >= 15 is 0 Å². The maximum Gasteiger partial charge on any atom is 0.249 e. The van der Waals surface area contributed by atoms with Crippen molar-refractivity contribution in [1.29, 1.82) is 0 Å². The number of hydrogen-bond acceptors (Lipinski definition) is 3. The van der Waals surface area contributed by atoms with Gasteiger partial charge in [-0.2, -0.15) is 0 Å². The third-order valence-corrected chi connectivity index (χ3v) is 8.34. The minimum absolute atomic E-state index is 0. The van der Waals surface area contributed by atoms with Crippen LogP contribution in [0.3, 0.4) is 0 Å². The monoisotopic (exact) mass is 417 g/mol. The molecule has 0 aromatic heterocycles. The Labute approximate surface area is 182 Å². The van der Waals surface area contributed by atoms with Crippen molar-refractivity contribution in [2.24, 2.45) is 11.8 Å². The third kappa shape index (κ3) is 3.67. The third-order valence-electron chi connectivity index (χ3n) is 8.34. The average molecular weight is 418 g/mol. The first-order valence-electron chi connectivity index (χ1n) is 11.5. The van der Waals surface area contributed by atoms with Crippen LogP contribution in [0.4, 0.5) is 5.69 Å². The zero-order valence-corrected chi connectivity index (χ0v) is 18.6. The number of carbonyl (C=O) groups excluding carboxylic acids is 1. The fraction of sp³-hybridized carbons (Fsp3) is 0.708. The van der Waals surface area contributed by atoms with Crippen LogP contribution in [-0.4, -0.2) is 54.1 Å². The topological polar surface area (TPSA) is 26.8 Å². The first kappa shape index (κ1) is 21.0. The number of benzene rings is 1. The summed E-state index contributed by atoms with van der Waals surface area (Å²) in [4.78, 5) is 20.2. The molecule has 3 unspecified atom stereocenters. The van der Waals surface area contributed by atoms with Gasteiger partial charge in [-0.3, -0.25) is 4.79 Å². The van der Waals surface area contributed by atoms with Gasteiger partial charge in [0.05, 0.1) is 6.67 Å². The second-order valence-corrected chi connectivity index (χ2v) is 9.75. The Hall–Kier alpha value is -1.26. The van der Waals surface area contributed by atoms with Crippen molar-refractivity contribution in [2.75, 3.05) is 31.7 Å². The van der Waals surface area contributed by atoms with Gasteiger partial charge in [0.25, 0.3) is 0 Å². The number of para-hydroxylation sites is 1. The van der Waals surface area contributed by atoms with Crippen LogP contribution in [0.2, 0.25) is 0 Å². The molecule has 2 saturated carbocycles. The SMILES string of the molecule is CN1CN(c2ccccc2)C2(CCN(C3CCC4CCCCC4C3)CC2)C1=O.Cl. The molecule has 4 fully saturated rings. The molecule has 160 valence electrons. The van der Waals surface area contributed by atoms with Gasteiger partial charge in [0.15, 0.2) is 0 Å². The van der Waals surface area contributed by atoms with E-state index in [9.17, 15) is 4.79 Å². The summed E-state index contributed by atoms with van der Waals surface area (Å²) in [7, 11) is 1.96. The van der Waals surface area contributed by atoms with Crippen LogP contribution in [0.5, 0.6) is 0 Å². The maximum absolute atomic E-state index is 13.2. The largest absolute Gasteiger partial charge is 0.339 e. The summed E-state index contributed by atoms with van der Waals surface area (Å²) in [6.45, 7) is 2.87. The Morgan fingerprint density at radius 2 is 1.62 bits per heavy atom. The van der Waals surface area contributed by atoms with E-state index in [0.717, 1.165) is 50.5 Å². The lowest BCUT2D eigenvalue weighted by molar-refractivity contribution is -0.132. The fourth-order valence-corrected chi connectivity index (χ4v) is 6.74.